The molecular weight excluding hydrogens is 292 g/mol. The van der Waals surface area contributed by atoms with Gasteiger partial charge in [-0.15, -0.1) is 0 Å². The summed E-state index contributed by atoms with van der Waals surface area (Å²) in [5, 5.41) is 12.5. The van der Waals surface area contributed by atoms with Gasteiger partial charge in [0.15, 0.2) is 0 Å². The highest BCUT2D eigenvalue weighted by molar-refractivity contribution is 6.39. The molecule has 0 saturated carbocycles. The van der Waals surface area contributed by atoms with E-state index in [4.69, 9.17) is 0 Å². The molecule has 1 aromatic rings. The number of aliphatic hydroxyl groups excluding tert-OH is 1. The van der Waals surface area contributed by atoms with Gasteiger partial charge in [0.25, 0.3) is 0 Å². The lowest BCUT2D eigenvalue weighted by atomic mass is 9.96. The number of hydrogen-bond donors (Lipinski definition) is 2. The van der Waals surface area contributed by atoms with E-state index in [1.54, 1.807) is 0 Å². The van der Waals surface area contributed by atoms with Crippen molar-refractivity contribution in [1.29, 1.82) is 0 Å². The summed E-state index contributed by atoms with van der Waals surface area (Å²) in [5.74, 6) is -1.05. The summed E-state index contributed by atoms with van der Waals surface area (Å²) in [7, 11) is 0. The Bertz CT molecular complexity index is 586. The van der Waals surface area contributed by atoms with Crippen LogP contribution in [0.1, 0.15) is 38.3 Å². The molecule has 1 saturated heterocycles. The molecule has 1 aromatic carbocycles. The molecule has 1 aliphatic rings. The predicted molar refractivity (Wildman–Crippen MR) is 90.2 cm³/mol. The molecule has 2 atom stereocenters. The molecule has 1 heterocycles. The number of likely N-dealkylation sites (tertiary alicyclic amines) is 1. The number of benzene rings is 1. The zero-order valence-electron chi connectivity index (χ0n) is 14.1. The van der Waals surface area contributed by atoms with Gasteiger partial charge in [0.05, 0.1) is 6.10 Å². The van der Waals surface area contributed by atoms with Crippen LogP contribution < -0.4 is 5.32 Å². The Hall–Kier alpha value is -1.88. The van der Waals surface area contributed by atoms with Crippen molar-refractivity contribution in [3.05, 3.63) is 29.3 Å². The number of aryl methyl sites for hydroxylation is 2. The molecule has 0 bridgehead atoms. The van der Waals surface area contributed by atoms with Crippen LogP contribution in [0, 0.1) is 5.92 Å². The number of rotatable bonds is 3. The summed E-state index contributed by atoms with van der Waals surface area (Å²) >= 11 is 0. The minimum atomic E-state index is -0.641. The van der Waals surface area contributed by atoms with E-state index in [9.17, 15) is 14.7 Å². The van der Waals surface area contributed by atoms with Gasteiger partial charge >= 0.3 is 11.8 Å². The standard InChI is InChI=1S/C18H26N2O3/c1-4-13-6-7-15(10-14(13)5-2)19-17(22)18(23)20-9-8-12(3)16(21)11-20/h6-7,10,12,16,21H,4-5,8-9,11H2,1-3H3,(H,19,22). The summed E-state index contributed by atoms with van der Waals surface area (Å²) in [5.41, 5.74) is 3.08. The Kier molecular flexibility index (Phi) is 5.77. The molecule has 2 amide bonds. The second-order valence-corrected chi connectivity index (χ2v) is 6.23. The van der Waals surface area contributed by atoms with Crippen LogP contribution in [-0.2, 0) is 22.4 Å². The van der Waals surface area contributed by atoms with Crippen molar-refractivity contribution in [1.82, 2.24) is 4.90 Å². The number of amides is 2. The first-order valence-electron chi connectivity index (χ1n) is 8.36. The number of carbonyl (C=O) groups is 2. The van der Waals surface area contributed by atoms with Crippen LogP contribution in [0.4, 0.5) is 5.69 Å². The molecule has 0 spiro atoms. The first-order chi connectivity index (χ1) is 11.0. The average molecular weight is 318 g/mol. The van der Waals surface area contributed by atoms with Crippen LogP contribution in [0.2, 0.25) is 0 Å². The topological polar surface area (TPSA) is 69.6 Å². The number of hydrogen-bond acceptors (Lipinski definition) is 3. The molecule has 0 aromatic heterocycles. The van der Waals surface area contributed by atoms with Gasteiger partial charge in [-0.2, -0.15) is 0 Å². The van der Waals surface area contributed by atoms with Gasteiger partial charge in [-0.25, -0.2) is 0 Å². The molecule has 2 unspecified atom stereocenters. The summed E-state index contributed by atoms with van der Waals surface area (Å²) in [4.78, 5) is 25.8. The van der Waals surface area contributed by atoms with Crippen molar-refractivity contribution in [2.24, 2.45) is 5.92 Å². The second kappa shape index (κ2) is 7.59. The first-order valence-corrected chi connectivity index (χ1v) is 8.36. The van der Waals surface area contributed by atoms with Crippen LogP contribution in [0.5, 0.6) is 0 Å². The van der Waals surface area contributed by atoms with E-state index in [2.05, 4.69) is 19.2 Å². The largest absolute Gasteiger partial charge is 0.391 e. The second-order valence-electron chi connectivity index (χ2n) is 6.23. The molecule has 1 fully saturated rings. The summed E-state index contributed by atoms with van der Waals surface area (Å²) in [6, 6.07) is 5.75. The zero-order chi connectivity index (χ0) is 17.0. The summed E-state index contributed by atoms with van der Waals surface area (Å²) < 4.78 is 0. The highest BCUT2D eigenvalue weighted by Gasteiger charge is 2.30. The molecule has 0 radical (unpaired) electrons. The zero-order valence-corrected chi connectivity index (χ0v) is 14.1. The number of nitrogens with one attached hydrogen (secondary N) is 1. The van der Waals surface area contributed by atoms with E-state index in [1.807, 2.05) is 25.1 Å². The quantitative estimate of drug-likeness (QED) is 0.837. The maximum atomic E-state index is 12.2. The van der Waals surface area contributed by atoms with Gasteiger partial charge in [0.2, 0.25) is 0 Å². The van der Waals surface area contributed by atoms with E-state index < -0.39 is 17.9 Å². The molecule has 1 aliphatic heterocycles. The summed E-state index contributed by atoms with van der Waals surface area (Å²) in [6.45, 7) is 6.86. The van der Waals surface area contributed by atoms with E-state index in [0.717, 1.165) is 12.8 Å². The Morgan fingerprint density at radius 3 is 2.57 bits per heavy atom. The number of carbonyl (C=O) groups excluding carboxylic acids is 2. The number of anilines is 1. The minimum Gasteiger partial charge on any atom is -0.391 e. The monoisotopic (exact) mass is 318 g/mol. The van der Waals surface area contributed by atoms with E-state index in [-0.39, 0.29) is 12.5 Å². The Morgan fingerprint density at radius 2 is 1.96 bits per heavy atom. The lowest BCUT2D eigenvalue weighted by molar-refractivity contribution is -0.146. The van der Waals surface area contributed by atoms with E-state index >= 15 is 0 Å². The fraction of sp³-hybridized carbons (Fsp3) is 0.556. The maximum Gasteiger partial charge on any atom is 0.313 e. The highest BCUT2D eigenvalue weighted by atomic mass is 16.3. The Morgan fingerprint density at radius 1 is 1.26 bits per heavy atom. The molecule has 0 aliphatic carbocycles. The predicted octanol–water partition coefficient (Wildman–Crippen LogP) is 1.98. The van der Waals surface area contributed by atoms with E-state index in [0.29, 0.717) is 18.7 Å². The fourth-order valence-electron chi connectivity index (χ4n) is 2.94. The highest BCUT2D eigenvalue weighted by Crippen LogP contribution is 2.19. The Balaban J connectivity index is 2.02. The van der Waals surface area contributed by atoms with Gasteiger partial charge in [-0.1, -0.05) is 26.8 Å². The minimum absolute atomic E-state index is 0.163. The number of nitrogens with zero attached hydrogens (tertiary/aromatic N) is 1. The van der Waals surface area contributed by atoms with Crippen LogP contribution in [0.25, 0.3) is 0 Å². The maximum absolute atomic E-state index is 12.2. The third-order valence-corrected chi connectivity index (χ3v) is 4.63. The third kappa shape index (κ3) is 4.10. The molecule has 126 valence electrons. The lowest BCUT2D eigenvalue weighted by Gasteiger charge is -2.33. The molecule has 23 heavy (non-hydrogen) atoms. The van der Waals surface area contributed by atoms with Crippen LogP contribution >= 0.6 is 0 Å². The SMILES string of the molecule is CCc1ccc(NC(=O)C(=O)N2CCC(C)C(O)C2)cc1CC. The van der Waals surface area contributed by atoms with Crippen LogP contribution in [0.3, 0.4) is 0 Å². The fourth-order valence-corrected chi connectivity index (χ4v) is 2.94. The Labute approximate surface area is 137 Å². The molecule has 5 nitrogen and oxygen atoms in total. The summed E-state index contributed by atoms with van der Waals surface area (Å²) in [6.07, 6.45) is 1.98. The molecular formula is C18H26N2O3. The van der Waals surface area contributed by atoms with Gasteiger partial charge in [-0.05, 0) is 48.4 Å². The number of β-amino-alcohol motifs (C(OH)–C–C–N with tert-alkyl or cyclic N) is 1. The van der Waals surface area contributed by atoms with Crippen molar-refractivity contribution in [2.45, 2.75) is 46.1 Å². The third-order valence-electron chi connectivity index (χ3n) is 4.63. The van der Waals surface area contributed by atoms with Crippen molar-refractivity contribution in [2.75, 3.05) is 18.4 Å². The average Bonchev–Trinajstić information content (AvgIpc) is 2.56. The first kappa shape index (κ1) is 17.5. The molecule has 2 N–H and O–H groups in total. The number of aliphatic hydroxyl groups is 1. The van der Waals surface area contributed by atoms with Gasteiger partial charge in [0.1, 0.15) is 0 Å². The van der Waals surface area contributed by atoms with Crippen LogP contribution in [-0.4, -0.2) is 41.0 Å². The van der Waals surface area contributed by atoms with Crippen molar-refractivity contribution < 1.29 is 14.7 Å². The van der Waals surface area contributed by atoms with Crippen molar-refractivity contribution >= 4 is 17.5 Å². The number of piperidine rings is 1. The van der Waals surface area contributed by atoms with Crippen molar-refractivity contribution in [3.8, 4) is 0 Å². The van der Waals surface area contributed by atoms with E-state index in [1.165, 1.54) is 16.0 Å². The molecule has 2 rings (SSSR count). The smallest absolute Gasteiger partial charge is 0.313 e. The molecule has 5 heteroatoms. The normalized spacial score (nSPS) is 21.1. The van der Waals surface area contributed by atoms with Gasteiger partial charge in [0, 0.05) is 18.8 Å². The van der Waals surface area contributed by atoms with Gasteiger partial charge in [-0.3, -0.25) is 9.59 Å². The van der Waals surface area contributed by atoms with Gasteiger partial charge < -0.3 is 15.3 Å². The van der Waals surface area contributed by atoms with Crippen molar-refractivity contribution in [3.63, 3.8) is 0 Å². The van der Waals surface area contributed by atoms with Crippen LogP contribution in [0.15, 0.2) is 18.2 Å². The lowest BCUT2D eigenvalue weighted by Crippen LogP contribution is -2.49.